The molecule has 0 unspecified atom stereocenters. The summed E-state index contributed by atoms with van der Waals surface area (Å²) in [7, 11) is 0. The van der Waals surface area contributed by atoms with Crippen LogP contribution in [0.25, 0.3) is 17.4 Å². The number of nitrogens with zero attached hydrogens (tertiary/aromatic N) is 3. The SMILES string of the molecule is CCOCC(=O)Nc1cc(-c2ccco2)nn1-c1nc(CC)cc(=O)[nH]1. The number of aryl methyl sites for hydroxylation is 1. The molecule has 0 aliphatic carbocycles. The highest BCUT2D eigenvalue weighted by Crippen LogP contribution is 2.24. The first-order valence-corrected chi connectivity index (χ1v) is 8.22. The average Bonchev–Trinajstić information content (AvgIpc) is 3.29. The number of rotatable bonds is 7. The molecule has 3 aromatic rings. The summed E-state index contributed by atoms with van der Waals surface area (Å²) in [5, 5.41) is 7.12. The van der Waals surface area contributed by atoms with E-state index in [0.29, 0.717) is 36.0 Å². The van der Waals surface area contributed by atoms with E-state index in [9.17, 15) is 9.59 Å². The lowest BCUT2D eigenvalue weighted by Crippen LogP contribution is -2.22. The minimum Gasteiger partial charge on any atom is -0.463 e. The summed E-state index contributed by atoms with van der Waals surface area (Å²) >= 11 is 0. The molecule has 0 bridgehead atoms. The fourth-order valence-corrected chi connectivity index (χ4v) is 2.33. The van der Waals surface area contributed by atoms with Crippen molar-refractivity contribution < 1.29 is 13.9 Å². The molecule has 2 N–H and O–H groups in total. The summed E-state index contributed by atoms with van der Waals surface area (Å²) in [6, 6.07) is 6.55. The summed E-state index contributed by atoms with van der Waals surface area (Å²) < 4.78 is 11.8. The Morgan fingerprint density at radius 3 is 2.92 bits per heavy atom. The molecule has 0 atom stereocenters. The summed E-state index contributed by atoms with van der Waals surface area (Å²) in [5.74, 6) is 0.738. The van der Waals surface area contributed by atoms with Crippen LogP contribution in [-0.2, 0) is 16.0 Å². The minimum atomic E-state index is -0.340. The van der Waals surface area contributed by atoms with E-state index in [1.165, 1.54) is 17.0 Å². The summed E-state index contributed by atoms with van der Waals surface area (Å²) in [5.41, 5.74) is 0.810. The topological polar surface area (TPSA) is 115 Å². The van der Waals surface area contributed by atoms with Gasteiger partial charge in [0.05, 0.1) is 6.26 Å². The number of amides is 1. The monoisotopic (exact) mass is 357 g/mol. The van der Waals surface area contributed by atoms with Crippen LogP contribution in [0.3, 0.4) is 0 Å². The van der Waals surface area contributed by atoms with Crippen molar-refractivity contribution in [3.8, 4) is 17.4 Å². The molecule has 0 aliphatic heterocycles. The van der Waals surface area contributed by atoms with Crippen molar-refractivity contribution in [2.75, 3.05) is 18.5 Å². The highest BCUT2D eigenvalue weighted by atomic mass is 16.5. The Balaban J connectivity index is 2.03. The maximum atomic E-state index is 12.0. The molecular formula is C17H19N5O4. The van der Waals surface area contributed by atoms with Crippen LogP contribution in [-0.4, -0.2) is 38.9 Å². The van der Waals surface area contributed by atoms with Crippen molar-refractivity contribution in [2.45, 2.75) is 20.3 Å². The third-order valence-corrected chi connectivity index (χ3v) is 3.53. The van der Waals surface area contributed by atoms with E-state index < -0.39 is 0 Å². The maximum Gasteiger partial charge on any atom is 0.252 e. The Hall–Kier alpha value is -3.20. The van der Waals surface area contributed by atoms with Crippen molar-refractivity contribution in [2.24, 2.45) is 0 Å². The summed E-state index contributed by atoms with van der Waals surface area (Å²) in [4.78, 5) is 31.0. The van der Waals surface area contributed by atoms with Crippen LogP contribution >= 0.6 is 0 Å². The summed E-state index contributed by atoms with van der Waals surface area (Å²) in [6.45, 7) is 4.04. The second kappa shape index (κ2) is 7.79. The molecule has 0 aliphatic rings. The van der Waals surface area contributed by atoms with Crippen molar-refractivity contribution >= 4 is 11.7 Å². The molecule has 9 nitrogen and oxygen atoms in total. The molecule has 0 aromatic carbocycles. The second-order valence-electron chi connectivity index (χ2n) is 5.40. The van der Waals surface area contributed by atoms with Crippen LogP contribution in [0.1, 0.15) is 19.5 Å². The molecule has 3 heterocycles. The first-order chi connectivity index (χ1) is 12.6. The van der Waals surface area contributed by atoms with Gasteiger partial charge in [-0.1, -0.05) is 6.92 Å². The number of H-pyrrole nitrogens is 1. The zero-order valence-corrected chi connectivity index (χ0v) is 14.5. The molecule has 3 rings (SSSR count). The molecule has 0 spiro atoms. The van der Waals surface area contributed by atoms with Gasteiger partial charge in [0, 0.05) is 24.4 Å². The molecule has 26 heavy (non-hydrogen) atoms. The number of nitrogens with one attached hydrogen (secondary N) is 2. The number of anilines is 1. The molecule has 0 fully saturated rings. The number of carbonyl (C=O) groups excluding carboxylic acids is 1. The lowest BCUT2D eigenvalue weighted by atomic mass is 10.3. The predicted octanol–water partition coefficient (Wildman–Crippen LogP) is 1.75. The Morgan fingerprint density at radius 1 is 1.38 bits per heavy atom. The number of ether oxygens (including phenoxy) is 1. The standard InChI is InChI=1S/C17H19N5O4/c1-3-11-8-15(23)20-17(18-11)22-14(19-16(24)10-25-4-2)9-12(21-22)13-6-5-7-26-13/h5-9H,3-4,10H2,1-2H3,(H,19,24)(H,18,20,23). The van der Waals surface area contributed by atoms with Crippen molar-refractivity contribution in [1.82, 2.24) is 19.7 Å². The van der Waals surface area contributed by atoms with Gasteiger partial charge in [0.15, 0.2) is 5.76 Å². The highest BCUT2D eigenvalue weighted by molar-refractivity contribution is 5.91. The molecule has 0 radical (unpaired) electrons. The van der Waals surface area contributed by atoms with Crippen LogP contribution in [0.15, 0.2) is 39.7 Å². The van der Waals surface area contributed by atoms with Gasteiger partial charge in [-0.05, 0) is 25.5 Å². The minimum absolute atomic E-state index is 0.0866. The van der Waals surface area contributed by atoms with Gasteiger partial charge in [-0.25, -0.2) is 4.98 Å². The number of hydrogen-bond acceptors (Lipinski definition) is 6. The molecule has 0 saturated carbocycles. The van der Waals surface area contributed by atoms with Crippen LogP contribution in [0, 0.1) is 0 Å². The van der Waals surface area contributed by atoms with Gasteiger partial charge < -0.3 is 14.5 Å². The molecule has 9 heteroatoms. The van der Waals surface area contributed by atoms with Gasteiger partial charge >= 0.3 is 0 Å². The van der Waals surface area contributed by atoms with Crippen LogP contribution in [0.2, 0.25) is 0 Å². The Bertz CT molecular complexity index is 942. The van der Waals surface area contributed by atoms with E-state index in [2.05, 4.69) is 20.4 Å². The zero-order valence-electron chi connectivity index (χ0n) is 14.5. The number of hydrogen-bond donors (Lipinski definition) is 2. The lowest BCUT2D eigenvalue weighted by molar-refractivity contribution is -0.120. The fraction of sp³-hybridized carbons (Fsp3) is 0.294. The van der Waals surface area contributed by atoms with Gasteiger partial charge in [-0.15, -0.1) is 0 Å². The van der Waals surface area contributed by atoms with Gasteiger partial charge in [0.2, 0.25) is 5.95 Å². The van der Waals surface area contributed by atoms with E-state index in [4.69, 9.17) is 9.15 Å². The predicted molar refractivity (Wildman–Crippen MR) is 94.2 cm³/mol. The molecular weight excluding hydrogens is 338 g/mol. The molecule has 0 saturated heterocycles. The number of aromatic amines is 1. The van der Waals surface area contributed by atoms with E-state index in [-0.39, 0.29) is 24.0 Å². The molecule has 136 valence electrons. The quantitative estimate of drug-likeness (QED) is 0.666. The fourth-order valence-electron chi connectivity index (χ4n) is 2.33. The molecule has 3 aromatic heterocycles. The first-order valence-electron chi connectivity index (χ1n) is 8.22. The van der Waals surface area contributed by atoms with Gasteiger partial charge in [0.1, 0.15) is 18.1 Å². The zero-order chi connectivity index (χ0) is 18.5. The maximum absolute atomic E-state index is 12.0. The van der Waals surface area contributed by atoms with Crippen molar-refractivity contribution in [3.05, 3.63) is 46.6 Å². The molecule has 1 amide bonds. The third-order valence-electron chi connectivity index (χ3n) is 3.53. The third kappa shape index (κ3) is 3.89. The normalized spacial score (nSPS) is 10.8. The number of aromatic nitrogens is 4. The Morgan fingerprint density at radius 2 is 2.23 bits per heavy atom. The number of carbonyl (C=O) groups is 1. The van der Waals surface area contributed by atoms with Crippen LogP contribution < -0.4 is 10.9 Å². The second-order valence-corrected chi connectivity index (χ2v) is 5.40. The van der Waals surface area contributed by atoms with Crippen LogP contribution in [0.5, 0.6) is 0 Å². The van der Waals surface area contributed by atoms with E-state index in [0.717, 1.165) is 0 Å². The van der Waals surface area contributed by atoms with Gasteiger partial charge in [-0.2, -0.15) is 9.78 Å². The summed E-state index contributed by atoms with van der Waals surface area (Å²) in [6.07, 6.45) is 2.12. The first kappa shape index (κ1) is 17.6. The van der Waals surface area contributed by atoms with E-state index in [1.54, 1.807) is 25.1 Å². The van der Waals surface area contributed by atoms with E-state index >= 15 is 0 Å². The Kier molecular flexibility index (Phi) is 5.28. The van der Waals surface area contributed by atoms with E-state index in [1.807, 2.05) is 6.92 Å². The highest BCUT2D eigenvalue weighted by Gasteiger charge is 2.17. The van der Waals surface area contributed by atoms with Crippen molar-refractivity contribution in [1.29, 1.82) is 0 Å². The van der Waals surface area contributed by atoms with Crippen LogP contribution in [0.4, 0.5) is 5.82 Å². The smallest absolute Gasteiger partial charge is 0.252 e. The van der Waals surface area contributed by atoms with Crippen molar-refractivity contribution in [3.63, 3.8) is 0 Å². The Labute approximate surface area is 149 Å². The van der Waals surface area contributed by atoms with Gasteiger partial charge in [-0.3, -0.25) is 14.6 Å². The average molecular weight is 357 g/mol. The lowest BCUT2D eigenvalue weighted by Gasteiger charge is -2.08. The van der Waals surface area contributed by atoms with Gasteiger partial charge in [0.25, 0.3) is 11.5 Å². The number of furan rings is 1. The largest absolute Gasteiger partial charge is 0.463 e.